The van der Waals surface area contributed by atoms with Crippen LogP contribution in [0.5, 0.6) is 0 Å². The third-order valence-electron chi connectivity index (χ3n) is 5.09. The van der Waals surface area contributed by atoms with E-state index in [4.69, 9.17) is 0 Å². The highest BCUT2D eigenvalue weighted by molar-refractivity contribution is 6.21. The molecule has 3 aliphatic rings. The van der Waals surface area contributed by atoms with Crippen molar-refractivity contribution in [2.24, 2.45) is 17.8 Å². The lowest BCUT2D eigenvalue weighted by molar-refractivity contribution is -0.129. The summed E-state index contributed by atoms with van der Waals surface area (Å²) in [5.41, 5.74) is 3.26. The highest BCUT2D eigenvalue weighted by Gasteiger charge is 2.45. The summed E-state index contributed by atoms with van der Waals surface area (Å²) < 4.78 is 0. The maximum Gasteiger partial charge on any atom is 0.280 e. The molecule has 3 atom stereocenters. The molecule has 0 unspecified atom stereocenters. The predicted molar refractivity (Wildman–Crippen MR) is 74.0 cm³/mol. The average molecular weight is 284 g/mol. The fourth-order valence-corrected chi connectivity index (χ4v) is 4.05. The van der Waals surface area contributed by atoms with Crippen molar-refractivity contribution in [3.05, 3.63) is 35.4 Å². The molecule has 0 radical (unpaired) electrons. The second kappa shape index (κ2) is 4.41. The van der Waals surface area contributed by atoms with Crippen molar-refractivity contribution in [2.45, 2.75) is 25.7 Å². The molecular weight excluding hydrogens is 268 g/mol. The average Bonchev–Trinajstić information content (AvgIpc) is 3.18. The summed E-state index contributed by atoms with van der Waals surface area (Å²) in [5.74, 6) is -0.0397. The third-order valence-corrected chi connectivity index (χ3v) is 5.09. The van der Waals surface area contributed by atoms with Gasteiger partial charge in [0.15, 0.2) is 0 Å². The number of hydrogen-bond donors (Lipinski definition) is 1. The Morgan fingerprint density at radius 3 is 2.24 bits per heavy atom. The van der Waals surface area contributed by atoms with E-state index in [2.05, 4.69) is 5.43 Å². The third kappa shape index (κ3) is 1.80. The van der Waals surface area contributed by atoms with Gasteiger partial charge in [0, 0.05) is 5.92 Å². The summed E-state index contributed by atoms with van der Waals surface area (Å²) in [4.78, 5) is 36.8. The largest absolute Gasteiger partial charge is 0.280 e. The Bertz CT molecular complexity index is 620. The van der Waals surface area contributed by atoms with Gasteiger partial charge < -0.3 is 0 Å². The number of hydrogen-bond acceptors (Lipinski definition) is 3. The molecule has 2 saturated carbocycles. The molecule has 4 rings (SSSR count). The minimum Gasteiger partial charge on any atom is -0.273 e. The van der Waals surface area contributed by atoms with Crippen LogP contribution in [-0.4, -0.2) is 22.7 Å². The summed E-state index contributed by atoms with van der Waals surface area (Å²) in [6.45, 7) is 0. The second-order valence-corrected chi connectivity index (χ2v) is 6.25. The Kier molecular flexibility index (Phi) is 2.64. The first-order valence-corrected chi connectivity index (χ1v) is 7.43. The number of amides is 3. The number of imide groups is 1. The number of carbonyl (C=O) groups excluding carboxylic acids is 3. The zero-order chi connectivity index (χ0) is 14.6. The molecule has 1 aromatic rings. The molecule has 2 bridgehead atoms. The Balaban J connectivity index is 1.52. The number of benzene rings is 1. The van der Waals surface area contributed by atoms with E-state index in [1.54, 1.807) is 24.3 Å². The maximum atomic E-state index is 12.4. The maximum absolute atomic E-state index is 12.4. The van der Waals surface area contributed by atoms with Gasteiger partial charge in [-0.2, -0.15) is 5.01 Å². The SMILES string of the molecule is O=C(NN1C(=O)c2ccccc2C1=O)[C@H]1C[C@@H]2CC[C@@H]1C2. The van der Waals surface area contributed by atoms with Crippen molar-refractivity contribution in [3.63, 3.8) is 0 Å². The van der Waals surface area contributed by atoms with Gasteiger partial charge in [0.05, 0.1) is 11.1 Å². The van der Waals surface area contributed by atoms with Gasteiger partial charge >= 0.3 is 0 Å². The van der Waals surface area contributed by atoms with Crippen LogP contribution >= 0.6 is 0 Å². The molecular formula is C16H16N2O3. The molecule has 2 aliphatic carbocycles. The number of hydrazine groups is 1. The summed E-state index contributed by atoms with van der Waals surface area (Å²) in [7, 11) is 0. The van der Waals surface area contributed by atoms with Gasteiger partial charge in [0.2, 0.25) is 5.91 Å². The van der Waals surface area contributed by atoms with Crippen LogP contribution in [0.2, 0.25) is 0 Å². The molecule has 1 N–H and O–H groups in total. The van der Waals surface area contributed by atoms with Crippen molar-refractivity contribution < 1.29 is 14.4 Å². The summed E-state index contributed by atoms with van der Waals surface area (Å²) in [6, 6.07) is 6.65. The molecule has 0 spiro atoms. The minimum absolute atomic E-state index is 0.0481. The first-order chi connectivity index (χ1) is 10.1. The molecule has 2 fully saturated rings. The van der Waals surface area contributed by atoms with Gasteiger partial charge in [-0.05, 0) is 43.2 Å². The van der Waals surface area contributed by atoms with E-state index in [-0.39, 0.29) is 11.8 Å². The van der Waals surface area contributed by atoms with E-state index in [1.165, 1.54) is 6.42 Å². The van der Waals surface area contributed by atoms with E-state index >= 15 is 0 Å². The fourth-order valence-electron chi connectivity index (χ4n) is 4.05. The summed E-state index contributed by atoms with van der Waals surface area (Å²) >= 11 is 0. The van der Waals surface area contributed by atoms with Crippen LogP contribution in [-0.2, 0) is 4.79 Å². The van der Waals surface area contributed by atoms with Crippen molar-refractivity contribution in [3.8, 4) is 0 Å². The standard InChI is InChI=1S/C16H16N2O3/c19-14(13-8-9-5-6-10(13)7-9)17-18-15(20)11-3-1-2-4-12(11)16(18)21/h1-4,9-10,13H,5-8H2,(H,17,19)/t9-,10-,13+/m1/s1. The number of nitrogens with one attached hydrogen (secondary N) is 1. The van der Waals surface area contributed by atoms with E-state index in [9.17, 15) is 14.4 Å². The quantitative estimate of drug-likeness (QED) is 0.841. The topological polar surface area (TPSA) is 66.5 Å². The van der Waals surface area contributed by atoms with E-state index in [1.807, 2.05) is 0 Å². The molecule has 1 aromatic carbocycles. The fraction of sp³-hybridized carbons (Fsp3) is 0.438. The molecule has 3 amide bonds. The summed E-state index contributed by atoms with van der Waals surface area (Å²) in [5, 5.41) is 0.874. The van der Waals surface area contributed by atoms with Crippen LogP contribution in [0, 0.1) is 17.8 Å². The highest BCUT2D eigenvalue weighted by Crippen LogP contribution is 2.48. The molecule has 5 nitrogen and oxygen atoms in total. The smallest absolute Gasteiger partial charge is 0.273 e. The van der Waals surface area contributed by atoms with Gasteiger partial charge in [0.1, 0.15) is 0 Å². The number of carbonyl (C=O) groups is 3. The lowest BCUT2D eigenvalue weighted by Gasteiger charge is -2.23. The van der Waals surface area contributed by atoms with Crippen LogP contribution in [0.15, 0.2) is 24.3 Å². The Morgan fingerprint density at radius 2 is 1.71 bits per heavy atom. The zero-order valence-electron chi connectivity index (χ0n) is 11.5. The molecule has 0 aromatic heterocycles. The normalized spacial score (nSPS) is 29.9. The first-order valence-electron chi connectivity index (χ1n) is 7.43. The lowest BCUT2D eigenvalue weighted by atomic mass is 9.88. The molecule has 108 valence electrons. The monoisotopic (exact) mass is 284 g/mol. The molecule has 0 saturated heterocycles. The van der Waals surface area contributed by atoms with Gasteiger partial charge in [0.25, 0.3) is 11.8 Å². The molecule has 5 heteroatoms. The molecule has 1 aliphatic heterocycles. The Hall–Kier alpha value is -2.17. The molecule has 21 heavy (non-hydrogen) atoms. The number of rotatable bonds is 2. The van der Waals surface area contributed by atoms with E-state index in [0.29, 0.717) is 23.0 Å². The van der Waals surface area contributed by atoms with E-state index < -0.39 is 11.8 Å². The summed E-state index contributed by atoms with van der Waals surface area (Å²) in [6.07, 6.45) is 4.30. The van der Waals surface area contributed by atoms with Crippen LogP contribution in [0.3, 0.4) is 0 Å². The Labute approximate surface area is 122 Å². The number of nitrogens with zero attached hydrogens (tertiary/aromatic N) is 1. The van der Waals surface area contributed by atoms with Gasteiger partial charge in [-0.3, -0.25) is 19.8 Å². The van der Waals surface area contributed by atoms with E-state index in [0.717, 1.165) is 24.3 Å². The van der Waals surface area contributed by atoms with Gasteiger partial charge in [-0.15, -0.1) is 0 Å². The zero-order valence-corrected chi connectivity index (χ0v) is 11.5. The number of fused-ring (bicyclic) bond motifs is 3. The van der Waals surface area contributed by atoms with Crippen molar-refractivity contribution in [2.75, 3.05) is 0 Å². The predicted octanol–water partition coefficient (Wildman–Crippen LogP) is 1.75. The van der Waals surface area contributed by atoms with Gasteiger partial charge in [-0.1, -0.05) is 18.6 Å². The Morgan fingerprint density at radius 1 is 1.05 bits per heavy atom. The van der Waals surface area contributed by atoms with Crippen molar-refractivity contribution >= 4 is 17.7 Å². The van der Waals surface area contributed by atoms with Crippen LogP contribution < -0.4 is 5.43 Å². The first kappa shape index (κ1) is 12.6. The van der Waals surface area contributed by atoms with Crippen molar-refractivity contribution in [1.82, 2.24) is 10.4 Å². The van der Waals surface area contributed by atoms with Crippen LogP contribution in [0.1, 0.15) is 46.4 Å². The van der Waals surface area contributed by atoms with Gasteiger partial charge in [-0.25, -0.2) is 0 Å². The van der Waals surface area contributed by atoms with Crippen molar-refractivity contribution in [1.29, 1.82) is 0 Å². The highest BCUT2D eigenvalue weighted by atomic mass is 16.2. The van der Waals surface area contributed by atoms with Crippen LogP contribution in [0.25, 0.3) is 0 Å². The second-order valence-electron chi connectivity index (χ2n) is 6.25. The molecule has 1 heterocycles. The van der Waals surface area contributed by atoms with Crippen LogP contribution in [0.4, 0.5) is 0 Å². The minimum atomic E-state index is -0.438. The lowest BCUT2D eigenvalue weighted by Crippen LogP contribution is -2.48.